The molecule has 0 saturated heterocycles. The van der Waals surface area contributed by atoms with E-state index in [1.54, 1.807) is 6.92 Å². The van der Waals surface area contributed by atoms with Crippen molar-refractivity contribution < 1.29 is 18.1 Å². The monoisotopic (exact) mass is 436 g/mol. The molecule has 0 radical (unpaired) electrons. The minimum absolute atomic E-state index is 0.0326. The van der Waals surface area contributed by atoms with Crippen molar-refractivity contribution in [3.05, 3.63) is 64.2 Å². The second-order valence-electron chi connectivity index (χ2n) is 6.17. The van der Waals surface area contributed by atoms with Crippen molar-refractivity contribution in [1.82, 2.24) is 10.0 Å². The van der Waals surface area contributed by atoms with Gasteiger partial charge in [0.05, 0.1) is 9.82 Å². The van der Waals surface area contributed by atoms with Gasteiger partial charge in [-0.1, -0.05) is 13.0 Å². The smallest absolute Gasteiger partial charge is 0.270 e. The number of nitrogens with one attached hydrogen (secondary N) is 3. The highest BCUT2D eigenvalue weighted by molar-refractivity contribution is 7.89. The molecule has 3 N–H and O–H groups in total. The van der Waals surface area contributed by atoms with Crippen LogP contribution in [0, 0.1) is 10.1 Å². The first-order valence-corrected chi connectivity index (χ1v) is 10.5. The van der Waals surface area contributed by atoms with Crippen LogP contribution < -0.4 is 15.4 Å². The number of nitro benzene ring substituents is 1. The molecule has 1 atom stereocenters. The molecule has 2 aromatic rings. The highest BCUT2D eigenvalue weighted by Crippen LogP contribution is 2.15. The van der Waals surface area contributed by atoms with Crippen molar-refractivity contribution in [2.75, 3.05) is 5.32 Å². The molecule has 0 aliphatic rings. The third-order valence-electron chi connectivity index (χ3n) is 3.94. The maximum atomic E-state index is 12.3. The maximum absolute atomic E-state index is 12.3. The minimum atomic E-state index is -3.62. The number of hydrogen-bond acceptors (Lipinski definition) is 6. The Bertz CT molecular complexity index is 1020. The lowest BCUT2D eigenvalue weighted by Crippen LogP contribution is -2.34. The Balaban J connectivity index is 2.01. The summed E-state index contributed by atoms with van der Waals surface area (Å²) in [5.74, 6) is -0.608. The third-order valence-corrected chi connectivity index (χ3v) is 5.75. The molecule has 1 amide bonds. The molecular formula is C18H20N4O5S2. The standard InChI is InChI=1S/C18H20N4O5S2/c1-3-12(2)21-29(26,27)16-9-7-14(8-10-16)19-18(28)20-17(23)13-5-4-6-15(11-13)22(24)25/h4-12,21H,3H2,1-2H3,(H2,19,20,23,28). The van der Waals surface area contributed by atoms with E-state index in [4.69, 9.17) is 12.2 Å². The first kappa shape index (κ1) is 22.4. The van der Waals surface area contributed by atoms with Crippen LogP contribution in [0.15, 0.2) is 53.4 Å². The van der Waals surface area contributed by atoms with Crippen LogP contribution in [0.25, 0.3) is 0 Å². The Labute approximate surface area is 173 Å². The molecule has 0 aliphatic carbocycles. The maximum Gasteiger partial charge on any atom is 0.270 e. The Morgan fingerprint density at radius 2 is 1.86 bits per heavy atom. The van der Waals surface area contributed by atoms with Gasteiger partial charge in [0.15, 0.2) is 5.11 Å². The zero-order valence-corrected chi connectivity index (χ0v) is 17.3. The number of nitro groups is 1. The molecule has 2 aromatic carbocycles. The van der Waals surface area contributed by atoms with Gasteiger partial charge in [0.1, 0.15) is 0 Å². The number of benzene rings is 2. The number of non-ortho nitro benzene ring substituents is 1. The van der Waals surface area contributed by atoms with Crippen LogP contribution in [-0.4, -0.2) is 30.4 Å². The summed E-state index contributed by atoms with van der Waals surface area (Å²) in [6.45, 7) is 3.65. The molecule has 154 valence electrons. The molecule has 0 fully saturated rings. The summed E-state index contributed by atoms with van der Waals surface area (Å²) in [7, 11) is -3.62. The minimum Gasteiger partial charge on any atom is -0.332 e. The van der Waals surface area contributed by atoms with E-state index in [2.05, 4.69) is 15.4 Å². The molecular weight excluding hydrogens is 416 g/mol. The fourth-order valence-corrected chi connectivity index (χ4v) is 3.77. The summed E-state index contributed by atoms with van der Waals surface area (Å²) >= 11 is 5.07. The van der Waals surface area contributed by atoms with Crippen LogP contribution in [0.3, 0.4) is 0 Å². The van der Waals surface area contributed by atoms with Gasteiger partial charge in [0, 0.05) is 29.4 Å². The average Bonchev–Trinajstić information content (AvgIpc) is 2.67. The highest BCUT2D eigenvalue weighted by atomic mass is 32.2. The van der Waals surface area contributed by atoms with Crippen molar-refractivity contribution in [2.24, 2.45) is 0 Å². The number of thiocarbonyl (C=S) groups is 1. The van der Waals surface area contributed by atoms with Gasteiger partial charge >= 0.3 is 0 Å². The summed E-state index contributed by atoms with van der Waals surface area (Å²) in [5, 5.41) is 15.9. The molecule has 1 unspecified atom stereocenters. The van der Waals surface area contributed by atoms with Crippen LogP contribution in [0.2, 0.25) is 0 Å². The molecule has 2 rings (SSSR count). The van der Waals surface area contributed by atoms with E-state index in [9.17, 15) is 23.3 Å². The number of anilines is 1. The molecule has 0 spiro atoms. The summed E-state index contributed by atoms with van der Waals surface area (Å²) < 4.78 is 27.1. The van der Waals surface area contributed by atoms with Crippen molar-refractivity contribution >= 4 is 44.6 Å². The van der Waals surface area contributed by atoms with Crippen LogP contribution in [0.4, 0.5) is 11.4 Å². The van der Waals surface area contributed by atoms with Crippen molar-refractivity contribution in [2.45, 2.75) is 31.2 Å². The second-order valence-corrected chi connectivity index (χ2v) is 8.29. The predicted octanol–water partition coefficient (Wildman–Crippen LogP) is 2.80. The van der Waals surface area contributed by atoms with E-state index in [0.717, 1.165) is 6.07 Å². The van der Waals surface area contributed by atoms with Crippen LogP contribution in [0.5, 0.6) is 0 Å². The SMILES string of the molecule is CCC(C)NS(=O)(=O)c1ccc(NC(=S)NC(=O)c2cccc([N+](=O)[O-])c2)cc1. The van der Waals surface area contributed by atoms with E-state index in [0.29, 0.717) is 12.1 Å². The molecule has 29 heavy (non-hydrogen) atoms. The van der Waals surface area contributed by atoms with E-state index in [-0.39, 0.29) is 27.3 Å². The molecule has 0 heterocycles. The lowest BCUT2D eigenvalue weighted by atomic mass is 10.2. The number of carbonyl (C=O) groups excluding carboxylic acids is 1. The van der Waals surface area contributed by atoms with E-state index >= 15 is 0 Å². The largest absolute Gasteiger partial charge is 0.332 e. The van der Waals surface area contributed by atoms with E-state index < -0.39 is 20.9 Å². The first-order valence-electron chi connectivity index (χ1n) is 8.61. The number of sulfonamides is 1. The van der Waals surface area contributed by atoms with Gasteiger partial charge in [-0.25, -0.2) is 13.1 Å². The van der Waals surface area contributed by atoms with Crippen LogP contribution in [0.1, 0.15) is 30.6 Å². The van der Waals surface area contributed by atoms with Gasteiger partial charge < -0.3 is 5.32 Å². The molecule has 0 bridgehead atoms. The fourth-order valence-electron chi connectivity index (χ4n) is 2.23. The predicted molar refractivity (Wildman–Crippen MR) is 113 cm³/mol. The topological polar surface area (TPSA) is 130 Å². The lowest BCUT2D eigenvalue weighted by Gasteiger charge is -2.13. The van der Waals surface area contributed by atoms with Gasteiger partial charge in [0.25, 0.3) is 11.6 Å². The molecule has 0 aliphatic heterocycles. The van der Waals surface area contributed by atoms with Gasteiger partial charge in [0.2, 0.25) is 10.0 Å². The number of amides is 1. The van der Waals surface area contributed by atoms with E-state index in [1.807, 2.05) is 6.92 Å². The lowest BCUT2D eigenvalue weighted by molar-refractivity contribution is -0.384. The average molecular weight is 437 g/mol. The molecule has 0 saturated carbocycles. The zero-order chi connectivity index (χ0) is 21.6. The van der Waals surface area contributed by atoms with Gasteiger partial charge in [-0.2, -0.15) is 0 Å². The Morgan fingerprint density at radius 1 is 1.21 bits per heavy atom. The highest BCUT2D eigenvalue weighted by Gasteiger charge is 2.17. The summed E-state index contributed by atoms with van der Waals surface area (Å²) in [4.78, 5) is 22.5. The van der Waals surface area contributed by atoms with Crippen molar-refractivity contribution in [1.29, 1.82) is 0 Å². The quantitative estimate of drug-likeness (QED) is 0.346. The number of carbonyl (C=O) groups is 1. The molecule has 0 aromatic heterocycles. The zero-order valence-electron chi connectivity index (χ0n) is 15.7. The third kappa shape index (κ3) is 6.31. The Hall–Kier alpha value is -2.89. The second kappa shape index (κ2) is 9.54. The molecule has 11 heteroatoms. The number of hydrogen-bond donors (Lipinski definition) is 3. The van der Waals surface area contributed by atoms with Crippen LogP contribution >= 0.6 is 12.2 Å². The normalized spacial score (nSPS) is 12.1. The summed E-state index contributed by atoms with van der Waals surface area (Å²) in [6, 6.07) is 10.9. The van der Waals surface area contributed by atoms with Gasteiger partial charge in [-0.15, -0.1) is 0 Å². The first-order chi connectivity index (χ1) is 13.6. The summed E-state index contributed by atoms with van der Waals surface area (Å²) in [5.41, 5.74) is 0.345. The van der Waals surface area contributed by atoms with E-state index in [1.165, 1.54) is 42.5 Å². The Morgan fingerprint density at radius 3 is 2.45 bits per heavy atom. The van der Waals surface area contributed by atoms with Gasteiger partial charge in [-0.05, 0) is 55.9 Å². The fraction of sp³-hybridized carbons (Fsp3) is 0.222. The van der Waals surface area contributed by atoms with Crippen molar-refractivity contribution in [3.63, 3.8) is 0 Å². The van der Waals surface area contributed by atoms with Gasteiger partial charge in [-0.3, -0.25) is 20.2 Å². The van der Waals surface area contributed by atoms with Crippen LogP contribution in [-0.2, 0) is 10.0 Å². The Kier molecular flexibility index (Phi) is 7.37. The molecule has 9 nitrogen and oxygen atoms in total. The van der Waals surface area contributed by atoms with Crippen molar-refractivity contribution in [3.8, 4) is 0 Å². The summed E-state index contributed by atoms with van der Waals surface area (Å²) in [6.07, 6.45) is 0.664. The number of nitrogens with zero attached hydrogens (tertiary/aromatic N) is 1. The number of rotatable bonds is 7.